The average Bonchev–Trinajstić information content (AvgIpc) is 2.62. The molecule has 0 radical (unpaired) electrons. The summed E-state index contributed by atoms with van der Waals surface area (Å²) < 4.78 is 31.4. The SMILES string of the molecule is Cc1ccc2cccc(OS(=O)(=O)c3ccc(Cl)c4ccccc34)c2n1. The molecule has 0 aliphatic rings. The third kappa shape index (κ3) is 2.89. The highest BCUT2D eigenvalue weighted by molar-refractivity contribution is 7.87. The molecular formula is C20H14ClNO3S. The number of hydrogen-bond acceptors (Lipinski definition) is 4. The highest BCUT2D eigenvalue weighted by Gasteiger charge is 2.22. The van der Waals surface area contributed by atoms with E-state index < -0.39 is 10.1 Å². The number of fused-ring (bicyclic) bond motifs is 2. The molecule has 130 valence electrons. The molecule has 26 heavy (non-hydrogen) atoms. The van der Waals surface area contributed by atoms with Gasteiger partial charge in [-0.25, -0.2) is 4.98 Å². The van der Waals surface area contributed by atoms with Gasteiger partial charge in [0, 0.05) is 26.9 Å². The van der Waals surface area contributed by atoms with Crippen molar-refractivity contribution in [2.45, 2.75) is 11.8 Å². The Morgan fingerprint density at radius 2 is 1.65 bits per heavy atom. The zero-order valence-electron chi connectivity index (χ0n) is 13.8. The molecule has 0 unspecified atom stereocenters. The summed E-state index contributed by atoms with van der Waals surface area (Å²) in [7, 11) is -4.06. The molecule has 0 bridgehead atoms. The number of para-hydroxylation sites is 1. The minimum Gasteiger partial charge on any atom is -0.377 e. The van der Waals surface area contributed by atoms with Crippen LogP contribution in [0.15, 0.2) is 71.6 Å². The number of benzene rings is 3. The summed E-state index contributed by atoms with van der Waals surface area (Å²) in [5, 5.41) is 2.47. The van der Waals surface area contributed by atoms with Crippen LogP contribution in [0, 0.1) is 6.92 Å². The van der Waals surface area contributed by atoms with Crippen LogP contribution in [0.5, 0.6) is 5.75 Å². The van der Waals surface area contributed by atoms with Gasteiger partial charge in [-0.15, -0.1) is 0 Å². The second-order valence-electron chi connectivity index (χ2n) is 5.91. The van der Waals surface area contributed by atoms with E-state index in [0.717, 1.165) is 11.1 Å². The van der Waals surface area contributed by atoms with Crippen LogP contribution in [0.2, 0.25) is 5.02 Å². The molecule has 4 aromatic rings. The standard InChI is InChI=1S/C20H14ClNO3S/c1-13-9-10-14-5-4-8-18(20(14)22-13)25-26(23,24)19-12-11-17(21)15-6-2-3-7-16(15)19/h2-12H,1H3. The molecule has 4 rings (SSSR count). The maximum atomic E-state index is 13.0. The van der Waals surface area contributed by atoms with Gasteiger partial charge >= 0.3 is 10.1 Å². The van der Waals surface area contributed by atoms with E-state index >= 15 is 0 Å². The second kappa shape index (κ2) is 6.27. The molecule has 0 spiro atoms. The smallest absolute Gasteiger partial charge is 0.339 e. The van der Waals surface area contributed by atoms with E-state index in [2.05, 4.69) is 4.98 Å². The lowest BCUT2D eigenvalue weighted by atomic mass is 10.1. The first-order valence-corrected chi connectivity index (χ1v) is 9.72. The largest absolute Gasteiger partial charge is 0.377 e. The highest BCUT2D eigenvalue weighted by Crippen LogP contribution is 2.32. The minimum absolute atomic E-state index is 0.0714. The summed E-state index contributed by atoms with van der Waals surface area (Å²) >= 11 is 6.19. The van der Waals surface area contributed by atoms with E-state index in [0.29, 0.717) is 21.3 Å². The van der Waals surface area contributed by atoms with Crippen LogP contribution >= 0.6 is 11.6 Å². The second-order valence-corrected chi connectivity index (χ2v) is 7.83. The van der Waals surface area contributed by atoms with Gasteiger partial charge in [0.1, 0.15) is 10.4 Å². The molecule has 4 nitrogen and oxygen atoms in total. The fraction of sp³-hybridized carbons (Fsp3) is 0.0500. The van der Waals surface area contributed by atoms with Gasteiger partial charge in [0.15, 0.2) is 5.75 Å². The fourth-order valence-electron chi connectivity index (χ4n) is 2.90. The lowest BCUT2D eigenvalue weighted by molar-refractivity contribution is 0.489. The number of nitrogens with zero attached hydrogens (tertiary/aromatic N) is 1. The number of halogens is 1. The monoisotopic (exact) mass is 383 g/mol. The molecule has 0 atom stereocenters. The van der Waals surface area contributed by atoms with Crippen molar-refractivity contribution in [1.29, 1.82) is 0 Å². The highest BCUT2D eigenvalue weighted by atomic mass is 35.5. The molecule has 1 aromatic heterocycles. The molecular weight excluding hydrogens is 370 g/mol. The Bertz CT molecular complexity index is 1250. The van der Waals surface area contributed by atoms with Crippen molar-refractivity contribution < 1.29 is 12.6 Å². The molecule has 0 aliphatic heterocycles. The van der Waals surface area contributed by atoms with Crippen molar-refractivity contribution in [3.05, 3.63) is 77.4 Å². The average molecular weight is 384 g/mol. The van der Waals surface area contributed by atoms with Crippen molar-refractivity contribution >= 4 is 43.4 Å². The van der Waals surface area contributed by atoms with E-state index in [9.17, 15) is 8.42 Å². The zero-order valence-corrected chi connectivity index (χ0v) is 15.4. The number of aryl methyl sites for hydroxylation is 1. The van der Waals surface area contributed by atoms with Gasteiger partial charge in [0.25, 0.3) is 0 Å². The van der Waals surface area contributed by atoms with Crippen LogP contribution < -0.4 is 4.18 Å². The van der Waals surface area contributed by atoms with E-state index in [1.807, 2.05) is 31.2 Å². The first-order valence-electron chi connectivity index (χ1n) is 7.94. The van der Waals surface area contributed by atoms with Crippen LogP contribution in [0.4, 0.5) is 0 Å². The summed E-state index contributed by atoms with van der Waals surface area (Å²) in [6, 6.07) is 19.0. The molecule has 0 aliphatic carbocycles. The molecule has 3 aromatic carbocycles. The third-order valence-electron chi connectivity index (χ3n) is 4.12. The third-order valence-corrected chi connectivity index (χ3v) is 5.75. The summed E-state index contributed by atoms with van der Waals surface area (Å²) in [6.07, 6.45) is 0. The molecule has 0 N–H and O–H groups in total. The lowest BCUT2D eigenvalue weighted by Crippen LogP contribution is -2.11. The van der Waals surface area contributed by atoms with Crippen molar-refractivity contribution in [1.82, 2.24) is 4.98 Å². The Morgan fingerprint density at radius 1 is 0.885 bits per heavy atom. The number of pyridine rings is 1. The lowest BCUT2D eigenvalue weighted by Gasteiger charge is -2.12. The molecule has 0 amide bonds. The van der Waals surface area contributed by atoms with E-state index in [1.165, 1.54) is 6.07 Å². The Hall–Kier alpha value is -2.63. The molecule has 0 fully saturated rings. The zero-order chi connectivity index (χ0) is 18.3. The Kier molecular flexibility index (Phi) is 4.05. The van der Waals surface area contributed by atoms with Crippen LogP contribution in [-0.2, 0) is 10.1 Å². The first-order chi connectivity index (χ1) is 12.5. The molecule has 1 heterocycles. The predicted molar refractivity (Wildman–Crippen MR) is 103 cm³/mol. The topological polar surface area (TPSA) is 56.3 Å². The number of hydrogen-bond donors (Lipinski definition) is 0. The minimum atomic E-state index is -4.06. The predicted octanol–water partition coefficient (Wildman–Crippen LogP) is 5.12. The van der Waals surface area contributed by atoms with Gasteiger partial charge in [0.2, 0.25) is 0 Å². The number of rotatable bonds is 3. The Balaban J connectivity index is 1.87. The maximum Gasteiger partial charge on any atom is 0.339 e. The Labute approximate surface area is 156 Å². The van der Waals surface area contributed by atoms with Crippen LogP contribution in [-0.4, -0.2) is 13.4 Å². The summed E-state index contributed by atoms with van der Waals surface area (Å²) in [5.74, 6) is 0.199. The van der Waals surface area contributed by atoms with Gasteiger partial charge in [-0.1, -0.05) is 54.1 Å². The quantitative estimate of drug-likeness (QED) is 0.461. The van der Waals surface area contributed by atoms with Crippen molar-refractivity contribution in [3.8, 4) is 5.75 Å². The number of aromatic nitrogens is 1. The molecule has 6 heteroatoms. The van der Waals surface area contributed by atoms with E-state index in [1.54, 1.807) is 36.4 Å². The Morgan fingerprint density at radius 3 is 2.46 bits per heavy atom. The fourth-order valence-corrected chi connectivity index (χ4v) is 4.27. The normalized spacial score (nSPS) is 11.8. The maximum absolute atomic E-state index is 13.0. The summed E-state index contributed by atoms with van der Waals surface area (Å²) in [6.45, 7) is 1.84. The molecule has 0 saturated heterocycles. The summed E-state index contributed by atoms with van der Waals surface area (Å²) in [5.41, 5.74) is 1.29. The van der Waals surface area contributed by atoms with Gasteiger partial charge in [-0.05, 0) is 31.2 Å². The van der Waals surface area contributed by atoms with Crippen LogP contribution in [0.25, 0.3) is 21.7 Å². The van der Waals surface area contributed by atoms with Crippen molar-refractivity contribution in [3.63, 3.8) is 0 Å². The van der Waals surface area contributed by atoms with Crippen molar-refractivity contribution in [2.75, 3.05) is 0 Å². The van der Waals surface area contributed by atoms with E-state index in [4.69, 9.17) is 15.8 Å². The van der Waals surface area contributed by atoms with E-state index in [-0.39, 0.29) is 10.6 Å². The van der Waals surface area contributed by atoms with Gasteiger partial charge in [0.05, 0.1) is 0 Å². The van der Waals surface area contributed by atoms with Crippen molar-refractivity contribution in [2.24, 2.45) is 0 Å². The first kappa shape index (κ1) is 16.8. The van der Waals surface area contributed by atoms with Gasteiger partial charge in [-0.2, -0.15) is 8.42 Å². The van der Waals surface area contributed by atoms with Crippen LogP contribution in [0.3, 0.4) is 0 Å². The van der Waals surface area contributed by atoms with Crippen LogP contribution in [0.1, 0.15) is 5.69 Å². The summed E-state index contributed by atoms with van der Waals surface area (Å²) in [4.78, 5) is 4.49. The van der Waals surface area contributed by atoms with Gasteiger partial charge in [-0.3, -0.25) is 0 Å². The van der Waals surface area contributed by atoms with Gasteiger partial charge < -0.3 is 4.18 Å². The molecule has 0 saturated carbocycles.